The molecular weight excluding hydrogens is 308 g/mol. The third-order valence-electron chi connectivity index (χ3n) is 3.87. The summed E-state index contributed by atoms with van der Waals surface area (Å²) >= 11 is 0. The molecule has 1 aromatic rings. The molecule has 1 saturated heterocycles. The average molecular weight is 334 g/mol. The lowest BCUT2D eigenvalue weighted by molar-refractivity contribution is -0.135. The number of amides is 2. The minimum absolute atomic E-state index is 0.110. The van der Waals surface area contributed by atoms with Crippen LogP contribution in [0.15, 0.2) is 24.3 Å². The van der Waals surface area contributed by atoms with E-state index < -0.39 is 17.7 Å². The molecule has 1 aromatic carbocycles. The van der Waals surface area contributed by atoms with Crippen molar-refractivity contribution in [3.8, 4) is 5.75 Å². The molecule has 24 heavy (non-hydrogen) atoms. The number of aromatic hydroxyl groups is 1. The number of carbonyl (C=O) groups is 2. The van der Waals surface area contributed by atoms with Gasteiger partial charge in [0.2, 0.25) is 5.91 Å². The summed E-state index contributed by atoms with van der Waals surface area (Å²) in [7, 11) is 1.71. The quantitative estimate of drug-likeness (QED) is 0.923. The molecule has 132 valence electrons. The number of carbonyl (C=O) groups excluding carboxylic acids is 2. The SMILES string of the molecule is CN(Cc1cccc(O)c1)C(=O)[C@@H]1CCCN1C(=O)OC(C)(C)C. The molecule has 0 unspecified atom stereocenters. The van der Waals surface area contributed by atoms with E-state index in [4.69, 9.17) is 4.74 Å². The van der Waals surface area contributed by atoms with Gasteiger partial charge in [0.25, 0.3) is 0 Å². The number of hydrogen-bond donors (Lipinski definition) is 1. The van der Waals surface area contributed by atoms with Crippen LogP contribution < -0.4 is 0 Å². The fourth-order valence-electron chi connectivity index (χ4n) is 2.82. The lowest BCUT2D eigenvalue weighted by Gasteiger charge is -2.30. The summed E-state index contributed by atoms with van der Waals surface area (Å²) in [5.41, 5.74) is 0.258. The van der Waals surface area contributed by atoms with Crippen LogP contribution >= 0.6 is 0 Å². The van der Waals surface area contributed by atoms with Gasteiger partial charge in [0.1, 0.15) is 17.4 Å². The largest absolute Gasteiger partial charge is 0.508 e. The third-order valence-corrected chi connectivity index (χ3v) is 3.87. The lowest BCUT2D eigenvalue weighted by Crippen LogP contribution is -2.47. The van der Waals surface area contributed by atoms with Crippen molar-refractivity contribution in [1.29, 1.82) is 0 Å². The second-order valence-corrected chi connectivity index (χ2v) is 7.20. The van der Waals surface area contributed by atoms with Gasteiger partial charge in [-0.05, 0) is 51.3 Å². The minimum Gasteiger partial charge on any atom is -0.508 e. The first-order chi connectivity index (χ1) is 11.2. The van der Waals surface area contributed by atoms with Crippen molar-refractivity contribution in [2.24, 2.45) is 0 Å². The molecule has 0 spiro atoms. The highest BCUT2D eigenvalue weighted by Crippen LogP contribution is 2.23. The van der Waals surface area contributed by atoms with Gasteiger partial charge in [-0.2, -0.15) is 0 Å². The summed E-state index contributed by atoms with van der Waals surface area (Å²) < 4.78 is 5.40. The zero-order valence-corrected chi connectivity index (χ0v) is 14.8. The second-order valence-electron chi connectivity index (χ2n) is 7.20. The third kappa shape index (κ3) is 4.63. The Morgan fingerprint density at radius 2 is 2.08 bits per heavy atom. The van der Waals surface area contributed by atoms with Gasteiger partial charge in [-0.25, -0.2) is 4.79 Å². The Kier molecular flexibility index (Phi) is 5.36. The molecule has 0 bridgehead atoms. The predicted molar refractivity (Wildman–Crippen MR) is 90.5 cm³/mol. The smallest absolute Gasteiger partial charge is 0.410 e. The first-order valence-electron chi connectivity index (χ1n) is 8.20. The van der Waals surface area contributed by atoms with Crippen molar-refractivity contribution in [3.05, 3.63) is 29.8 Å². The number of ether oxygens (including phenoxy) is 1. The fourth-order valence-corrected chi connectivity index (χ4v) is 2.82. The highest BCUT2D eigenvalue weighted by molar-refractivity contribution is 5.86. The van der Waals surface area contributed by atoms with Crippen molar-refractivity contribution in [3.63, 3.8) is 0 Å². The van der Waals surface area contributed by atoms with Crippen LogP contribution in [0.5, 0.6) is 5.75 Å². The van der Waals surface area contributed by atoms with E-state index in [-0.39, 0.29) is 11.7 Å². The van der Waals surface area contributed by atoms with Crippen molar-refractivity contribution < 1.29 is 19.4 Å². The normalized spacial score (nSPS) is 17.7. The molecule has 1 aliphatic heterocycles. The molecule has 1 aliphatic rings. The van der Waals surface area contributed by atoms with E-state index in [1.807, 2.05) is 26.8 Å². The maximum atomic E-state index is 12.7. The van der Waals surface area contributed by atoms with Crippen LogP contribution in [0, 0.1) is 0 Å². The van der Waals surface area contributed by atoms with Crippen molar-refractivity contribution in [1.82, 2.24) is 9.80 Å². The summed E-state index contributed by atoms with van der Waals surface area (Å²) in [6.07, 6.45) is 0.988. The number of likely N-dealkylation sites (tertiary alicyclic amines) is 1. The summed E-state index contributed by atoms with van der Waals surface area (Å²) in [4.78, 5) is 28.1. The zero-order valence-electron chi connectivity index (χ0n) is 14.8. The first-order valence-corrected chi connectivity index (χ1v) is 8.20. The van der Waals surface area contributed by atoms with Gasteiger partial charge < -0.3 is 14.7 Å². The van der Waals surface area contributed by atoms with Gasteiger partial charge in [0.15, 0.2) is 0 Å². The standard InChI is InChI=1S/C18H26N2O4/c1-18(2,3)24-17(23)20-10-6-9-15(20)16(22)19(4)12-13-7-5-8-14(21)11-13/h5,7-8,11,15,21H,6,9-10,12H2,1-4H3/t15-/m0/s1. The molecule has 1 atom stereocenters. The molecule has 1 fully saturated rings. The number of hydrogen-bond acceptors (Lipinski definition) is 4. The van der Waals surface area contributed by atoms with Crippen LogP contribution in [0.3, 0.4) is 0 Å². The number of likely N-dealkylation sites (N-methyl/N-ethyl adjacent to an activating group) is 1. The molecule has 0 aromatic heterocycles. The molecule has 1 heterocycles. The van der Waals surface area contributed by atoms with Gasteiger partial charge in [-0.15, -0.1) is 0 Å². The molecule has 1 N–H and O–H groups in total. The van der Waals surface area contributed by atoms with E-state index in [0.29, 0.717) is 19.5 Å². The Morgan fingerprint density at radius 3 is 2.71 bits per heavy atom. The van der Waals surface area contributed by atoms with Crippen LogP contribution in [0.4, 0.5) is 4.79 Å². The van der Waals surface area contributed by atoms with Crippen molar-refractivity contribution in [2.75, 3.05) is 13.6 Å². The van der Waals surface area contributed by atoms with Crippen LogP contribution in [-0.4, -0.2) is 52.1 Å². The van der Waals surface area contributed by atoms with Gasteiger partial charge in [-0.3, -0.25) is 9.69 Å². The Morgan fingerprint density at radius 1 is 1.38 bits per heavy atom. The van der Waals surface area contributed by atoms with Crippen LogP contribution in [0.25, 0.3) is 0 Å². The summed E-state index contributed by atoms with van der Waals surface area (Å²) in [6.45, 7) is 6.35. The van der Waals surface area contributed by atoms with E-state index in [9.17, 15) is 14.7 Å². The van der Waals surface area contributed by atoms with E-state index in [1.165, 1.54) is 4.90 Å². The summed E-state index contributed by atoms with van der Waals surface area (Å²) in [5.74, 6) is 0.0614. The molecule has 6 heteroatoms. The number of phenols is 1. The van der Waals surface area contributed by atoms with Gasteiger partial charge in [0, 0.05) is 20.1 Å². The molecule has 0 radical (unpaired) electrons. The Bertz CT molecular complexity index is 609. The van der Waals surface area contributed by atoms with Crippen molar-refractivity contribution >= 4 is 12.0 Å². The fraction of sp³-hybridized carbons (Fsp3) is 0.556. The zero-order chi connectivity index (χ0) is 17.9. The molecule has 2 amide bonds. The summed E-state index contributed by atoms with van der Waals surface area (Å²) in [5, 5.41) is 9.53. The van der Waals surface area contributed by atoms with Gasteiger partial charge in [-0.1, -0.05) is 12.1 Å². The van der Waals surface area contributed by atoms with Gasteiger partial charge in [0.05, 0.1) is 0 Å². The predicted octanol–water partition coefficient (Wildman–Crippen LogP) is 2.75. The average Bonchev–Trinajstić information content (AvgIpc) is 2.94. The Hall–Kier alpha value is -2.24. The second kappa shape index (κ2) is 7.11. The van der Waals surface area contributed by atoms with E-state index in [2.05, 4.69) is 0 Å². The lowest BCUT2D eigenvalue weighted by atomic mass is 10.1. The molecule has 0 saturated carbocycles. The number of phenolic OH excluding ortho intramolecular Hbond substituents is 1. The Labute approximate surface area is 143 Å². The molecule has 2 rings (SSSR count). The van der Waals surface area contributed by atoms with Gasteiger partial charge >= 0.3 is 6.09 Å². The maximum absolute atomic E-state index is 12.7. The first kappa shape index (κ1) is 18.1. The van der Waals surface area contributed by atoms with Crippen LogP contribution in [0.1, 0.15) is 39.2 Å². The Balaban J connectivity index is 2.03. The van der Waals surface area contributed by atoms with Crippen LogP contribution in [0.2, 0.25) is 0 Å². The highest BCUT2D eigenvalue weighted by atomic mass is 16.6. The van der Waals surface area contributed by atoms with E-state index in [1.54, 1.807) is 30.1 Å². The maximum Gasteiger partial charge on any atom is 0.410 e. The molecule has 6 nitrogen and oxygen atoms in total. The number of nitrogens with zero attached hydrogens (tertiary/aromatic N) is 2. The monoisotopic (exact) mass is 334 g/mol. The number of rotatable bonds is 3. The number of benzene rings is 1. The minimum atomic E-state index is -0.583. The molecule has 0 aliphatic carbocycles. The van der Waals surface area contributed by atoms with E-state index >= 15 is 0 Å². The highest BCUT2D eigenvalue weighted by Gasteiger charge is 2.37. The molecular formula is C18H26N2O4. The summed E-state index contributed by atoms with van der Waals surface area (Å²) in [6, 6.07) is 6.33. The van der Waals surface area contributed by atoms with Crippen LogP contribution in [-0.2, 0) is 16.1 Å². The van der Waals surface area contributed by atoms with E-state index in [0.717, 1.165) is 12.0 Å². The van der Waals surface area contributed by atoms with Crippen molar-refractivity contribution in [2.45, 2.75) is 51.8 Å². The topological polar surface area (TPSA) is 70.1 Å².